The summed E-state index contributed by atoms with van der Waals surface area (Å²) in [6.07, 6.45) is 3.92. The summed E-state index contributed by atoms with van der Waals surface area (Å²) in [5.74, 6) is 1.10. The van der Waals surface area contributed by atoms with Crippen molar-refractivity contribution in [3.63, 3.8) is 0 Å². The minimum atomic E-state index is 0.0231. The molecule has 0 aliphatic rings. The molecule has 130 valence electrons. The zero-order chi connectivity index (χ0) is 17.3. The second-order valence-corrected chi connectivity index (χ2v) is 6.60. The number of unbranched alkanes of at least 4 members (excludes halogenated alkanes) is 1. The van der Waals surface area contributed by atoms with Gasteiger partial charge in [-0.25, -0.2) is 0 Å². The third-order valence-electron chi connectivity index (χ3n) is 3.87. The molecule has 6 heteroatoms. The number of hydrogen-bond donors (Lipinski definition) is 1. The highest BCUT2D eigenvalue weighted by molar-refractivity contribution is 7.08. The summed E-state index contributed by atoms with van der Waals surface area (Å²) in [7, 11) is 0. The Morgan fingerprint density at radius 1 is 1.12 bits per heavy atom. The first kappa shape index (κ1) is 17.4. The summed E-state index contributed by atoms with van der Waals surface area (Å²) >= 11 is 1.59. The number of aromatic nitrogens is 2. The van der Waals surface area contributed by atoms with Gasteiger partial charge in [0.15, 0.2) is 0 Å². The molecule has 2 aromatic heterocycles. The number of carbonyl (C=O) groups excluding carboxylic acids is 1. The fourth-order valence-electron chi connectivity index (χ4n) is 2.50. The fourth-order valence-corrected chi connectivity index (χ4v) is 3.14. The van der Waals surface area contributed by atoms with Crippen LogP contribution in [0.1, 0.15) is 30.7 Å². The minimum Gasteiger partial charge on any atom is -0.356 e. The average Bonchev–Trinajstić information content (AvgIpc) is 3.32. The molecule has 1 amide bonds. The van der Waals surface area contributed by atoms with E-state index in [4.69, 9.17) is 4.52 Å². The lowest BCUT2D eigenvalue weighted by atomic mass is 10.1. The van der Waals surface area contributed by atoms with E-state index in [1.165, 1.54) is 5.56 Å². The normalized spacial score (nSPS) is 10.7. The summed E-state index contributed by atoms with van der Waals surface area (Å²) in [6.45, 7) is 0.704. The van der Waals surface area contributed by atoms with E-state index >= 15 is 0 Å². The van der Waals surface area contributed by atoms with Gasteiger partial charge in [-0.05, 0) is 36.3 Å². The number of rotatable bonds is 9. The van der Waals surface area contributed by atoms with E-state index in [0.29, 0.717) is 31.1 Å². The topological polar surface area (TPSA) is 68.0 Å². The molecular weight excluding hydrogens is 334 g/mol. The van der Waals surface area contributed by atoms with Gasteiger partial charge in [0.05, 0.1) is 0 Å². The second kappa shape index (κ2) is 9.13. The van der Waals surface area contributed by atoms with Gasteiger partial charge in [0, 0.05) is 30.3 Å². The molecule has 2 heterocycles. The van der Waals surface area contributed by atoms with Gasteiger partial charge in [0.2, 0.25) is 17.6 Å². The van der Waals surface area contributed by atoms with Gasteiger partial charge in [0.25, 0.3) is 0 Å². The van der Waals surface area contributed by atoms with E-state index in [-0.39, 0.29) is 5.91 Å². The lowest BCUT2D eigenvalue weighted by Gasteiger charge is -2.04. The van der Waals surface area contributed by atoms with Crippen molar-refractivity contribution >= 4 is 17.2 Å². The van der Waals surface area contributed by atoms with Crippen LogP contribution in [0, 0.1) is 0 Å². The first-order valence-electron chi connectivity index (χ1n) is 8.47. The van der Waals surface area contributed by atoms with E-state index in [0.717, 1.165) is 24.8 Å². The van der Waals surface area contributed by atoms with Crippen LogP contribution < -0.4 is 5.32 Å². The zero-order valence-corrected chi connectivity index (χ0v) is 14.8. The second-order valence-electron chi connectivity index (χ2n) is 5.82. The summed E-state index contributed by atoms with van der Waals surface area (Å²) in [6, 6.07) is 12.3. The van der Waals surface area contributed by atoms with Crippen LogP contribution in [0.15, 0.2) is 51.7 Å². The van der Waals surface area contributed by atoms with Crippen molar-refractivity contribution < 1.29 is 9.32 Å². The Morgan fingerprint density at radius 2 is 2.00 bits per heavy atom. The fraction of sp³-hybridized carbons (Fsp3) is 0.316. The first-order valence-corrected chi connectivity index (χ1v) is 9.41. The summed E-state index contributed by atoms with van der Waals surface area (Å²) in [5, 5.41) is 10.8. The maximum atomic E-state index is 11.9. The molecule has 0 spiro atoms. The lowest BCUT2D eigenvalue weighted by Crippen LogP contribution is -2.24. The van der Waals surface area contributed by atoms with Gasteiger partial charge in [0.1, 0.15) is 0 Å². The number of thiophene rings is 1. The Hall–Kier alpha value is -2.47. The maximum absolute atomic E-state index is 11.9. The highest BCUT2D eigenvalue weighted by Crippen LogP contribution is 2.18. The Morgan fingerprint density at radius 3 is 2.80 bits per heavy atom. The predicted molar refractivity (Wildman–Crippen MR) is 98.3 cm³/mol. The van der Waals surface area contributed by atoms with Crippen molar-refractivity contribution in [2.45, 2.75) is 32.1 Å². The van der Waals surface area contributed by atoms with Crippen molar-refractivity contribution in [1.82, 2.24) is 15.5 Å². The monoisotopic (exact) mass is 355 g/mol. The third kappa shape index (κ3) is 5.53. The van der Waals surface area contributed by atoms with Crippen LogP contribution in [-0.2, 0) is 17.6 Å². The van der Waals surface area contributed by atoms with Crippen LogP contribution >= 0.6 is 11.3 Å². The van der Waals surface area contributed by atoms with Crippen LogP contribution in [0.4, 0.5) is 0 Å². The number of hydrogen-bond acceptors (Lipinski definition) is 5. The smallest absolute Gasteiger partial charge is 0.227 e. The van der Waals surface area contributed by atoms with Crippen LogP contribution in [0.5, 0.6) is 0 Å². The number of amides is 1. The number of aryl methyl sites for hydroxylation is 2. The molecule has 0 atom stereocenters. The lowest BCUT2D eigenvalue weighted by molar-refractivity contribution is -0.121. The molecule has 0 radical (unpaired) electrons. The number of nitrogens with one attached hydrogen (secondary N) is 1. The molecule has 0 fully saturated rings. The molecule has 25 heavy (non-hydrogen) atoms. The Labute approximate surface area is 151 Å². The highest BCUT2D eigenvalue weighted by atomic mass is 32.1. The first-order chi connectivity index (χ1) is 12.3. The Kier molecular flexibility index (Phi) is 6.34. The minimum absolute atomic E-state index is 0.0231. The highest BCUT2D eigenvalue weighted by Gasteiger charge is 2.10. The molecule has 1 N–H and O–H groups in total. The van der Waals surface area contributed by atoms with E-state index in [2.05, 4.69) is 39.7 Å². The molecule has 3 aromatic rings. The Bertz CT molecular complexity index is 769. The van der Waals surface area contributed by atoms with Crippen LogP contribution in [0.25, 0.3) is 11.4 Å². The number of carbonyl (C=O) groups is 1. The van der Waals surface area contributed by atoms with Crippen LogP contribution in [0.3, 0.4) is 0 Å². The van der Waals surface area contributed by atoms with Gasteiger partial charge in [-0.2, -0.15) is 16.3 Å². The molecule has 0 unspecified atom stereocenters. The van der Waals surface area contributed by atoms with Gasteiger partial charge in [-0.3, -0.25) is 4.79 Å². The summed E-state index contributed by atoms with van der Waals surface area (Å²) in [5.41, 5.74) is 2.29. The SMILES string of the molecule is O=C(CCc1nc(-c2ccsc2)no1)NCCCCc1ccccc1. The molecule has 0 saturated carbocycles. The van der Waals surface area contributed by atoms with E-state index < -0.39 is 0 Å². The summed E-state index contributed by atoms with van der Waals surface area (Å²) < 4.78 is 5.19. The Balaban J connectivity index is 1.30. The molecule has 1 aromatic carbocycles. The van der Waals surface area contributed by atoms with Crippen molar-refractivity contribution in [3.8, 4) is 11.4 Å². The summed E-state index contributed by atoms with van der Waals surface area (Å²) in [4.78, 5) is 16.2. The van der Waals surface area contributed by atoms with Gasteiger partial charge < -0.3 is 9.84 Å². The van der Waals surface area contributed by atoms with Gasteiger partial charge >= 0.3 is 0 Å². The van der Waals surface area contributed by atoms with Gasteiger partial charge in [-0.15, -0.1) is 0 Å². The standard InChI is InChI=1S/C19H21N3O2S/c23-17(20-12-5-4-8-15-6-2-1-3-7-15)9-10-18-21-19(22-24-18)16-11-13-25-14-16/h1-3,6-7,11,13-14H,4-5,8-10,12H2,(H,20,23). The van der Waals surface area contributed by atoms with Crippen molar-refractivity contribution in [3.05, 3.63) is 58.6 Å². The quantitative estimate of drug-likeness (QED) is 0.592. The van der Waals surface area contributed by atoms with E-state index in [9.17, 15) is 4.79 Å². The van der Waals surface area contributed by atoms with Crippen LogP contribution in [-0.4, -0.2) is 22.6 Å². The van der Waals surface area contributed by atoms with E-state index in [1.54, 1.807) is 11.3 Å². The number of benzene rings is 1. The van der Waals surface area contributed by atoms with E-state index in [1.807, 2.05) is 22.9 Å². The average molecular weight is 355 g/mol. The molecule has 5 nitrogen and oxygen atoms in total. The van der Waals surface area contributed by atoms with Crippen molar-refractivity contribution in [1.29, 1.82) is 0 Å². The number of nitrogens with zero attached hydrogens (tertiary/aromatic N) is 2. The van der Waals surface area contributed by atoms with Gasteiger partial charge in [-0.1, -0.05) is 35.5 Å². The molecular formula is C19H21N3O2S. The molecule has 0 aliphatic heterocycles. The van der Waals surface area contributed by atoms with Crippen molar-refractivity contribution in [2.75, 3.05) is 6.54 Å². The molecule has 3 rings (SSSR count). The van der Waals surface area contributed by atoms with Crippen LogP contribution in [0.2, 0.25) is 0 Å². The third-order valence-corrected chi connectivity index (χ3v) is 4.55. The maximum Gasteiger partial charge on any atom is 0.227 e. The molecule has 0 saturated heterocycles. The zero-order valence-electron chi connectivity index (χ0n) is 14.0. The predicted octanol–water partition coefficient (Wildman–Crippen LogP) is 3.87. The van der Waals surface area contributed by atoms with Crippen molar-refractivity contribution in [2.24, 2.45) is 0 Å². The largest absolute Gasteiger partial charge is 0.356 e. The molecule has 0 bridgehead atoms. The molecule has 0 aliphatic carbocycles.